The molecule has 0 aliphatic carbocycles. The van der Waals surface area contributed by atoms with E-state index in [1.165, 1.54) is 0 Å². The number of aliphatic hydroxyl groups is 1. The number of ether oxygens (including phenoxy) is 2. The predicted octanol–water partition coefficient (Wildman–Crippen LogP) is 2.50. The van der Waals surface area contributed by atoms with Crippen molar-refractivity contribution in [1.29, 1.82) is 0 Å². The summed E-state index contributed by atoms with van der Waals surface area (Å²) in [5.74, 6) is 0.847. The van der Waals surface area contributed by atoms with Gasteiger partial charge in [-0.25, -0.2) is 0 Å². The van der Waals surface area contributed by atoms with Crippen LogP contribution in [-0.4, -0.2) is 29.4 Å². The summed E-state index contributed by atoms with van der Waals surface area (Å²) in [5, 5.41) is 9.28. The van der Waals surface area contributed by atoms with Gasteiger partial charge in [0.2, 0.25) is 0 Å². The third-order valence-electron chi connectivity index (χ3n) is 3.53. The summed E-state index contributed by atoms with van der Waals surface area (Å²) >= 11 is 0. The maximum absolute atomic E-state index is 11.9. The molecule has 0 spiro atoms. The molecule has 2 rings (SSSR count). The zero-order valence-corrected chi connectivity index (χ0v) is 13.2. The molecule has 4 heteroatoms. The molecule has 0 radical (unpaired) electrons. The summed E-state index contributed by atoms with van der Waals surface area (Å²) in [6.45, 7) is 7.68. The number of benzene rings is 1. The number of carbonyl (C=O) groups excluding carboxylic acids is 1. The molecule has 0 aromatic heterocycles. The SMILES string of the molecule is C[C@H]1Cc2cc(CC(=O)OC(C)(C)C)ccc2O[C@H]1CO. The Morgan fingerprint density at radius 1 is 1.43 bits per heavy atom. The molecule has 21 heavy (non-hydrogen) atoms. The highest BCUT2D eigenvalue weighted by molar-refractivity contribution is 5.73. The van der Waals surface area contributed by atoms with Crippen LogP contribution in [0.2, 0.25) is 0 Å². The molecule has 1 heterocycles. The van der Waals surface area contributed by atoms with Crippen LogP contribution in [0.4, 0.5) is 0 Å². The van der Waals surface area contributed by atoms with Gasteiger partial charge < -0.3 is 14.6 Å². The Morgan fingerprint density at radius 3 is 2.76 bits per heavy atom. The molecular formula is C17H24O4. The van der Waals surface area contributed by atoms with Crippen LogP contribution in [0.3, 0.4) is 0 Å². The van der Waals surface area contributed by atoms with E-state index >= 15 is 0 Å². The van der Waals surface area contributed by atoms with Gasteiger partial charge in [0.1, 0.15) is 17.5 Å². The fourth-order valence-corrected chi connectivity index (χ4v) is 2.54. The Labute approximate surface area is 126 Å². The van der Waals surface area contributed by atoms with E-state index in [0.29, 0.717) is 0 Å². The van der Waals surface area contributed by atoms with Crippen molar-refractivity contribution < 1.29 is 19.4 Å². The summed E-state index contributed by atoms with van der Waals surface area (Å²) in [6.07, 6.45) is 0.972. The first-order chi connectivity index (χ1) is 9.78. The standard InChI is InChI=1S/C17H24O4/c1-11-7-13-8-12(9-16(19)21-17(2,3)4)5-6-14(13)20-15(11)10-18/h5-6,8,11,15,18H,7,9-10H2,1-4H3/t11-,15-/m0/s1. The second-order valence-electron chi connectivity index (χ2n) is 6.73. The number of carbonyl (C=O) groups is 1. The van der Waals surface area contributed by atoms with Crippen LogP contribution in [0.5, 0.6) is 5.75 Å². The van der Waals surface area contributed by atoms with E-state index < -0.39 is 5.60 Å². The number of rotatable bonds is 3. The first-order valence-corrected chi connectivity index (χ1v) is 7.39. The van der Waals surface area contributed by atoms with E-state index in [1.807, 2.05) is 39.0 Å². The Balaban J connectivity index is 2.08. The topological polar surface area (TPSA) is 55.8 Å². The van der Waals surface area contributed by atoms with Gasteiger partial charge in [0.05, 0.1) is 13.0 Å². The molecular weight excluding hydrogens is 268 g/mol. The molecule has 0 amide bonds. The normalized spacial score (nSPS) is 21.4. The average molecular weight is 292 g/mol. The maximum atomic E-state index is 11.9. The summed E-state index contributed by atoms with van der Waals surface area (Å²) in [5.41, 5.74) is 1.56. The lowest BCUT2D eigenvalue weighted by Gasteiger charge is -2.30. The van der Waals surface area contributed by atoms with Gasteiger partial charge in [-0.05, 0) is 50.3 Å². The van der Waals surface area contributed by atoms with Gasteiger partial charge in [-0.3, -0.25) is 4.79 Å². The third kappa shape index (κ3) is 4.21. The van der Waals surface area contributed by atoms with Crippen LogP contribution in [0.15, 0.2) is 18.2 Å². The Morgan fingerprint density at radius 2 is 2.14 bits per heavy atom. The molecule has 1 N–H and O–H groups in total. The fraction of sp³-hybridized carbons (Fsp3) is 0.588. The lowest BCUT2D eigenvalue weighted by atomic mass is 9.91. The minimum absolute atomic E-state index is 0.0280. The van der Waals surface area contributed by atoms with E-state index in [0.717, 1.165) is 23.3 Å². The molecule has 0 bridgehead atoms. The highest BCUT2D eigenvalue weighted by Crippen LogP contribution is 2.31. The van der Waals surface area contributed by atoms with Gasteiger partial charge >= 0.3 is 5.97 Å². The van der Waals surface area contributed by atoms with Crippen LogP contribution in [0.25, 0.3) is 0 Å². The Hall–Kier alpha value is -1.55. The number of hydrogen-bond donors (Lipinski definition) is 1. The first kappa shape index (κ1) is 15.8. The number of aliphatic hydroxyl groups excluding tert-OH is 1. The van der Waals surface area contributed by atoms with Gasteiger partial charge in [0, 0.05) is 0 Å². The molecule has 2 atom stereocenters. The Kier molecular flexibility index (Phi) is 4.57. The highest BCUT2D eigenvalue weighted by Gasteiger charge is 2.26. The minimum atomic E-state index is -0.461. The molecule has 4 nitrogen and oxygen atoms in total. The average Bonchev–Trinajstić information content (AvgIpc) is 2.35. The molecule has 0 fully saturated rings. The van der Waals surface area contributed by atoms with Crippen molar-refractivity contribution in [1.82, 2.24) is 0 Å². The molecule has 1 aromatic carbocycles. The van der Waals surface area contributed by atoms with Crippen LogP contribution >= 0.6 is 0 Å². The lowest BCUT2D eigenvalue weighted by molar-refractivity contribution is -0.153. The van der Waals surface area contributed by atoms with Crippen molar-refractivity contribution in [3.63, 3.8) is 0 Å². The van der Waals surface area contributed by atoms with E-state index in [-0.39, 0.29) is 31.0 Å². The zero-order valence-electron chi connectivity index (χ0n) is 13.2. The summed E-state index contributed by atoms with van der Waals surface area (Å²) in [6, 6.07) is 5.76. The molecule has 0 saturated heterocycles. The quantitative estimate of drug-likeness (QED) is 0.870. The first-order valence-electron chi connectivity index (χ1n) is 7.39. The fourth-order valence-electron chi connectivity index (χ4n) is 2.54. The predicted molar refractivity (Wildman–Crippen MR) is 80.4 cm³/mol. The number of hydrogen-bond acceptors (Lipinski definition) is 4. The third-order valence-corrected chi connectivity index (χ3v) is 3.53. The van der Waals surface area contributed by atoms with Crippen LogP contribution in [0.1, 0.15) is 38.8 Å². The lowest BCUT2D eigenvalue weighted by Crippen LogP contribution is -2.34. The molecule has 1 aliphatic heterocycles. The van der Waals surface area contributed by atoms with Gasteiger partial charge in [0.15, 0.2) is 0 Å². The van der Waals surface area contributed by atoms with Gasteiger partial charge in [-0.1, -0.05) is 19.1 Å². The van der Waals surface area contributed by atoms with Crippen molar-refractivity contribution in [2.45, 2.75) is 52.2 Å². The van der Waals surface area contributed by atoms with E-state index in [2.05, 4.69) is 6.92 Å². The second kappa shape index (κ2) is 6.06. The van der Waals surface area contributed by atoms with E-state index in [9.17, 15) is 9.90 Å². The summed E-state index contributed by atoms with van der Waals surface area (Å²) < 4.78 is 11.1. The van der Waals surface area contributed by atoms with Crippen LogP contribution in [-0.2, 0) is 22.4 Å². The highest BCUT2D eigenvalue weighted by atomic mass is 16.6. The zero-order chi connectivity index (χ0) is 15.6. The van der Waals surface area contributed by atoms with Gasteiger partial charge in [0.25, 0.3) is 0 Å². The molecule has 1 aliphatic rings. The second-order valence-corrected chi connectivity index (χ2v) is 6.73. The Bertz CT molecular complexity index is 516. The number of esters is 1. The monoisotopic (exact) mass is 292 g/mol. The van der Waals surface area contributed by atoms with Gasteiger partial charge in [-0.15, -0.1) is 0 Å². The minimum Gasteiger partial charge on any atom is -0.487 e. The number of fused-ring (bicyclic) bond motifs is 1. The summed E-state index contributed by atoms with van der Waals surface area (Å²) in [7, 11) is 0. The van der Waals surface area contributed by atoms with Crippen molar-refractivity contribution in [2.75, 3.05) is 6.61 Å². The van der Waals surface area contributed by atoms with Crippen molar-refractivity contribution in [3.05, 3.63) is 29.3 Å². The maximum Gasteiger partial charge on any atom is 0.310 e. The molecule has 0 saturated carbocycles. The van der Waals surface area contributed by atoms with Crippen molar-refractivity contribution in [3.8, 4) is 5.75 Å². The molecule has 116 valence electrons. The largest absolute Gasteiger partial charge is 0.487 e. The smallest absolute Gasteiger partial charge is 0.310 e. The van der Waals surface area contributed by atoms with Crippen LogP contribution in [0, 0.1) is 5.92 Å². The molecule has 1 aromatic rings. The van der Waals surface area contributed by atoms with E-state index in [1.54, 1.807) is 0 Å². The van der Waals surface area contributed by atoms with Gasteiger partial charge in [-0.2, -0.15) is 0 Å². The van der Waals surface area contributed by atoms with E-state index in [4.69, 9.17) is 9.47 Å². The molecule has 0 unspecified atom stereocenters. The van der Waals surface area contributed by atoms with Crippen molar-refractivity contribution >= 4 is 5.97 Å². The summed E-state index contributed by atoms with van der Waals surface area (Å²) in [4.78, 5) is 11.9. The van der Waals surface area contributed by atoms with Crippen molar-refractivity contribution in [2.24, 2.45) is 5.92 Å². The van der Waals surface area contributed by atoms with Crippen LogP contribution < -0.4 is 4.74 Å².